The third kappa shape index (κ3) is 2.20. The number of aryl methyl sites for hydroxylation is 1. The van der Waals surface area contributed by atoms with Gasteiger partial charge < -0.3 is 9.88 Å². The summed E-state index contributed by atoms with van der Waals surface area (Å²) in [5.41, 5.74) is 4.51. The summed E-state index contributed by atoms with van der Waals surface area (Å²) in [4.78, 5) is 22.8. The zero-order chi connectivity index (χ0) is 14.1. The van der Waals surface area contributed by atoms with E-state index < -0.39 is 0 Å². The van der Waals surface area contributed by atoms with Gasteiger partial charge in [-0.1, -0.05) is 18.2 Å². The first-order chi connectivity index (χ1) is 9.66. The molecule has 1 amide bonds. The van der Waals surface area contributed by atoms with Crippen LogP contribution in [-0.2, 0) is 6.54 Å². The number of nitrogens with zero attached hydrogens (tertiary/aromatic N) is 2. The fourth-order valence-corrected chi connectivity index (χ4v) is 3.05. The van der Waals surface area contributed by atoms with Gasteiger partial charge >= 0.3 is 0 Å². The Morgan fingerprint density at radius 1 is 1.40 bits per heavy atom. The Kier molecular flexibility index (Phi) is 3.28. The van der Waals surface area contributed by atoms with Gasteiger partial charge in [0, 0.05) is 29.0 Å². The van der Waals surface area contributed by atoms with E-state index in [4.69, 9.17) is 0 Å². The molecular weight excluding hydrogens is 270 g/mol. The summed E-state index contributed by atoms with van der Waals surface area (Å²) in [5, 5.41) is 0.963. The normalized spacial score (nSPS) is 10.9. The molecule has 0 atom stereocenters. The lowest BCUT2D eigenvalue weighted by atomic mass is 10.1. The Morgan fingerprint density at radius 3 is 2.95 bits per heavy atom. The molecular formula is C15H15N3OS. The van der Waals surface area contributed by atoms with E-state index in [1.165, 1.54) is 0 Å². The minimum absolute atomic E-state index is 0.0234. The average Bonchev–Trinajstić information content (AvgIpc) is 3.05. The van der Waals surface area contributed by atoms with E-state index in [0.29, 0.717) is 12.1 Å². The molecule has 1 N–H and O–H groups in total. The van der Waals surface area contributed by atoms with Crippen LogP contribution in [0, 0.1) is 6.92 Å². The van der Waals surface area contributed by atoms with E-state index in [1.54, 1.807) is 22.4 Å². The highest BCUT2D eigenvalue weighted by Gasteiger charge is 2.17. The van der Waals surface area contributed by atoms with Crippen molar-refractivity contribution in [1.82, 2.24) is 14.9 Å². The van der Waals surface area contributed by atoms with Gasteiger partial charge in [-0.3, -0.25) is 4.79 Å². The van der Waals surface area contributed by atoms with Crippen molar-refractivity contribution in [2.75, 3.05) is 7.05 Å². The van der Waals surface area contributed by atoms with Crippen LogP contribution in [0.5, 0.6) is 0 Å². The Hall–Kier alpha value is -2.14. The van der Waals surface area contributed by atoms with E-state index in [-0.39, 0.29) is 5.91 Å². The molecule has 0 bridgehead atoms. The number of fused-ring (bicyclic) bond motifs is 1. The fraction of sp³-hybridized carbons (Fsp3) is 0.200. The number of para-hydroxylation sites is 1. The highest BCUT2D eigenvalue weighted by Crippen LogP contribution is 2.21. The molecule has 0 saturated carbocycles. The summed E-state index contributed by atoms with van der Waals surface area (Å²) >= 11 is 1.58. The lowest BCUT2D eigenvalue weighted by Gasteiger charge is -2.16. The molecule has 102 valence electrons. The van der Waals surface area contributed by atoms with Crippen LogP contribution < -0.4 is 0 Å². The van der Waals surface area contributed by atoms with E-state index >= 15 is 0 Å². The van der Waals surface area contributed by atoms with E-state index in [9.17, 15) is 4.79 Å². The monoisotopic (exact) mass is 285 g/mol. The van der Waals surface area contributed by atoms with Crippen molar-refractivity contribution in [3.05, 3.63) is 52.1 Å². The van der Waals surface area contributed by atoms with Crippen molar-refractivity contribution >= 4 is 28.1 Å². The number of aromatic amines is 1. The molecule has 20 heavy (non-hydrogen) atoms. The zero-order valence-corrected chi connectivity index (χ0v) is 12.2. The van der Waals surface area contributed by atoms with E-state index in [2.05, 4.69) is 9.97 Å². The zero-order valence-electron chi connectivity index (χ0n) is 11.4. The Labute approximate surface area is 121 Å². The fourth-order valence-electron chi connectivity index (χ4n) is 2.22. The second kappa shape index (κ2) is 5.09. The first-order valence-corrected chi connectivity index (χ1v) is 7.25. The maximum Gasteiger partial charge on any atom is 0.256 e. The van der Waals surface area contributed by atoms with Crippen molar-refractivity contribution in [3.63, 3.8) is 0 Å². The van der Waals surface area contributed by atoms with Crippen LogP contribution in [0.15, 0.2) is 36.0 Å². The molecule has 0 aliphatic carbocycles. The average molecular weight is 285 g/mol. The molecule has 0 radical (unpaired) electrons. The van der Waals surface area contributed by atoms with Crippen molar-refractivity contribution in [3.8, 4) is 0 Å². The third-order valence-corrected chi connectivity index (χ3v) is 4.31. The van der Waals surface area contributed by atoms with Crippen molar-refractivity contribution in [2.45, 2.75) is 13.5 Å². The highest BCUT2D eigenvalue weighted by molar-refractivity contribution is 7.09. The lowest BCUT2D eigenvalue weighted by Crippen LogP contribution is -2.25. The van der Waals surface area contributed by atoms with E-state index in [1.807, 2.05) is 43.7 Å². The maximum atomic E-state index is 12.5. The van der Waals surface area contributed by atoms with Crippen LogP contribution in [0.2, 0.25) is 0 Å². The SMILES string of the molecule is Cc1ncsc1CN(C)C(=O)c1c[nH]c2ccccc12. The van der Waals surface area contributed by atoms with Gasteiger partial charge in [-0.2, -0.15) is 0 Å². The number of carbonyl (C=O) groups excluding carboxylic acids is 1. The summed E-state index contributed by atoms with van der Waals surface area (Å²) in [6.45, 7) is 2.56. The number of thiazole rings is 1. The summed E-state index contributed by atoms with van der Waals surface area (Å²) < 4.78 is 0. The van der Waals surface area contributed by atoms with Gasteiger partial charge in [-0.25, -0.2) is 4.98 Å². The predicted octanol–water partition coefficient (Wildman–Crippen LogP) is 3.21. The van der Waals surface area contributed by atoms with E-state index in [0.717, 1.165) is 21.5 Å². The second-order valence-corrected chi connectivity index (χ2v) is 5.71. The largest absolute Gasteiger partial charge is 0.360 e. The number of hydrogen-bond donors (Lipinski definition) is 1. The van der Waals surface area contributed by atoms with Gasteiger partial charge in [-0.15, -0.1) is 11.3 Å². The Bertz CT molecular complexity index is 759. The van der Waals surface area contributed by atoms with Gasteiger partial charge in [0.05, 0.1) is 23.3 Å². The van der Waals surface area contributed by atoms with Crippen molar-refractivity contribution in [2.24, 2.45) is 0 Å². The molecule has 0 aliphatic rings. The van der Waals surface area contributed by atoms with Crippen LogP contribution in [-0.4, -0.2) is 27.8 Å². The topological polar surface area (TPSA) is 49.0 Å². The first kappa shape index (κ1) is 12.9. The van der Waals surface area contributed by atoms with Crippen LogP contribution >= 0.6 is 11.3 Å². The number of hydrogen-bond acceptors (Lipinski definition) is 3. The number of rotatable bonds is 3. The Morgan fingerprint density at radius 2 is 2.20 bits per heavy atom. The molecule has 0 aliphatic heterocycles. The molecule has 1 aromatic carbocycles. The van der Waals surface area contributed by atoms with Crippen LogP contribution in [0.25, 0.3) is 10.9 Å². The molecule has 0 unspecified atom stereocenters. The van der Waals surface area contributed by atoms with Crippen LogP contribution in [0.4, 0.5) is 0 Å². The van der Waals surface area contributed by atoms with Gasteiger partial charge in [0.15, 0.2) is 0 Å². The molecule has 3 rings (SSSR count). The summed E-state index contributed by atoms with van der Waals surface area (Å²) in [6, 6.07) is 7.84. The molecule has 2 heterocycles. The van der Waals surface area contributed by atoms with Crippen LogP contribution in [0.1, 0.15) is 20.9 Å². The number of nitrogens with one attached hydrogen (secondary N) is 1. The van der Waals surface area contributed by atoms with Gasteiger partial charge in [0.2, 0.25) is 0 Å². The molecule has 0 fully saturated rings. The predicted molar refractivity (Wildman–Crippen MR) is 80.9 cm³/mol. The third-order valence-electron chi connectivity index (χ3n) is 3.39. The Balaban J connectivity index is 1.87. The molecule has 5 heteroatoms. The minimum Gasteiger partial charge on any atom is -0.360 e. The quantitative estimate of drug-likeness (QED) is 0.803. The van der Waals surface area contributed by atoms with Crippen molar-refractivity contribution < 1.29 is 4.79 Å². The van der Waals surface area contributed by atoms with Gasteiger partial charge in [0.1, 0.15) is 0 Å². The molecule has 0 saturated heterocycles. The lowest BCUT2D eigenvalue weighted by molar-refractivity contribution is 0.0788. The van der Waals surface area contributed by atoms with Gasteiger partial charge in [0.25, 0.3) is 5.91 Å². The minimum atomic E-state index is 0.0234. The van der Waals surface area contributed by atoms with Crippen molar-refractivity contribution in [1.29, 1.82) is 0 Å². The number of benzene rings is 1. The van der Waals surface area contributed by atoms with Gasteiger partial charge in [-0.05, 0) is 13.0 Å². The second-order valence-electron chi connectivity index (χ2n) is 4.77. The molecule has 4 nitrogen and oxygen atoms in total. The number of H-pyrrole nitrogens is 1. The summed E-state index contributed by atoms with van der Waals surface area (Å²) in [7, 11) is 1.82. The number of carbonyl (C=O) groups is 1. The first-order valence-electron chi connectivity index (χ1n) is 6.37. The maximum absolute atomic E-state index is 12.5. The number of amides is 1. The standard InChI is InChI=1S/C15H15N3OS/c1-10-14(20-9-17-10)8-18(2)15(19)12-7-16-13-6-4-3-5-11(12)13/h3-7,9,16H,8H2,1-2H3. The molecule has 3 aromatic rings. The molecule has 0 spiro atoms. The number of aromatic nitrogens is 2. The highest BCUT2D eigenvalue weighted by atomic mass is 32.1. The summed E-state index contributed by atoms with van der Waals surface area (Å²) in [5.74, 6) is 0.0234. The molecule has 2 aromatic heterocycles. The van der Waals surface area contributed by atoms with Crippen LogP contribution in [0.3, 0.4) is 0 Å². The smallest absolute Gasteiger partial charge is 0.256 e. The summed E-state index contributed by atoms with van der Waals surface area (Å²) in [6.07, 6.45) is 1.78.